The summed E-state index contributed by atoms with van der Waals surface area (Å²) in [5.41, 5.74) is 3.29. The molecule has 1 aliphatic rings. The summed E-state index contributed by atoms with van der Waals surface area (Å²) in [5, 5.41) is 0. The summed E-state index contributed by atoms with van der Waals surface area (Å²) in [6.07, 6.45) is 1.27. The smallest absolute Gasteiger partial charge is 0.179 e. The van der Waals surface area contributed by atoms with Crippen molar-refractivity contribution in [3.8, 4) is 0 Å². The van der Waals surface area contributed by atoms with Crippen LogP contribution < -0.4 is 0 Å². The lowest BCUT2D eigenvalue weighted by molar-refractivity contribution is 0.0406. The van der Waals surface area contributed by atoms with Crippen molar-refractivity contribution in [1.29, 1.82) is 0 Å². The van der Waals surface area contributed by atoms with Gasteiger partial charge in [-0.15, -0.1) is 0 Å². The predicted octanol–water partition coefficient (Wildman–Crippen LogP) is 4.24. The summed E-state index contributed by atoms with van der Waals surface area (Å²) in [5.74, 6) is 1.58. The van der Waals surface area contributed by atoms with Crippen LogP contribution in [0.2, 0.25) is 0 Å². The number of hydrogen-bond acceptors (Lipinski definition) is 2. The van der Waals surface area contributed by atoms with E-state index >= 15 is 0 Å². The Balaban J connectivity index is 2.19. The Morgan fingerprint density at radius 2 is 1.86 bits per heavy atom. The Labute approximate surface area is 129 Å². The molecule has 2 rings (SSSR count). The fraction of sp³-hybridized carbons (Fsp3) is 0.632. The Hall–Kier alpha value is -1.15. The van der Waals surface area contributed by atoms with Gasteiger partial charge in [0.15, 0.2) is 5.78 Å². The molecule has 1 saturated heterocycles. The van der Waals surface area contributed by atoms with Gasteiger partial charge in [-0.2, -0.15) is 0 Å². The van der Waals surface area contributed by atoms with Gasteiger partial charge in [-0.05, 0) is 63.1 Å². The number of nitrogens with zero attached hydrogens (tertiary/aromatic N) is 1. The second kappa shape index (κ2) is 6.31. The zero-order chi connectivity index (χ0) is 15.7. The number of piperidine rings is 1. The lowest BCUT2D eigenvalue weighted by atomic mass is 9.84. The summed E-state index contributed by atoms with van der Waals surface area (Å²) in [6, 6.07) is 6.51. The van der Waals surface area contributed by atoms with Crippen LogP contribution in [-0.2, 0) is 0 Å². The minimum absolute atomic E-state index is 0.0349. The fourth-order valence-corrected chi connectivity index (χ4v) is 3.56. The van der Waals surface area contributed by atoms with Crippen molar-refractivity contribution >= 4 is 5.78 Å². The lowest BCUT2D eigenvalue weighted by Gasteiger charge is -2.43. The fourth-order valence-electron chi connectivity index (χ4n) is 3.56. The Bertz CT molecular complexity index is 522. The van der Waals surface area contributed by atoms with E-state index in [2.05, 4.69) is 52.5 Å². The summed E-state index contributed by atoms with van der Waals surface area (Å²) in [7, 11) is 0. The van der Waals surface area contributed by atoms with E-state index in [9.17, 15) is 4.79 Å². The van der Waals surface area contributed by atoms with Crippen LogP contribution in [0.5, 0.6) is 0 Å². The molecule has 0 amide bonds. The van der Waals surface area contributed by atoms with Crippen molar-refractivity contribution in [1.82, 2.24) is 4.90 Å². The Morgan fingerprint density at radius 3 is 2.48 bits per heavy atom. The number of aryl methyl sites for hydroxylation is 2. The third-order valence-electron chi connectivity index (χ3n) is 5.31. The first kappa shape index (κ1) is 16.2. The van der Waals surface area contributed by atoms with Gasteiger partial charge in [-0.1, -0.05) is 26.0 Å². The summed E-state index contributed by atoms with van der Waals surface area (Å²) in [6.45, 7) is 14.1. The maximum absolute atomic E-state index is 12.8. The predicted molar refractivity (Wildman–Crippen MR) is 88.8 cm³/mol. The first-order valence-corrected chi connectivity index (χ1v) is 8.18. The number of ketones is 1. The highest BCUT2D eigenvalue weighted by molar-refractivity contribution is 6.00. The highest BCUT2D eigenvalue weighted by Crippen LogP contribution is 2.29. The lowest BCUT2D eigenvalue weighted by Crippen LogP contribution is -2.52. The van der Waals surface area contributed by atoms with Crippen molar-refractivity contribution in [2.75, 3.05) is 6.54 Å². The van der Waals surface area contributed by atoms with Crippen molar-refractivity contribution < 1.29 is 4.79 Å². The summed E-state index contributed by atoms with van der Waals surface area (Å²) >= 11 is 0. The second-order valence-electron chi connectivity index (χ2n) is 7.09. The number of benzene rings is 1. The average Bonchev–Trinajstić information content (AvgIpc) is 2.44. The van der Waals surface area contributed by atoms with Crippen LogP contribution in [0.15, 0.2) is 18.2 Å². The molecule has 116 valence electrons. The molecule has 1 aromatic rings. The SMILES string of the molecule is Cc1ccc(C(=O)C(C)N2CC(C)CC(C)C2C)cc1C. The monoisotopic (exact) mass is 287 g/mol. The molecule has 21 heavy (non-hydrogen) atoms. The number of carbonyl (C=O) groups excluding carboxylic acids is 1. The third-order valence-corrected chi connectivity index (χ3v) is 5.31. The van der Waals surface area contributed by atoms with E-state index in [1.165, 1.54) is 17.5 Å². The van der Waals surface area contributed by atoms with E-state index in [1.807, 2.05) is 12.1 Å². The molecule has 4 unspecified atom stereocenters. The van der Waals surface area contributed by atoms with E-state index in [-0.39, 0.29) is 11.8 Å². The Morgan fingerprint density at radius 1 is 1.19 bits per heavy atom. The topological polar surface area (TPSA) is 20.3 Å². The maximum atomic E-state index is 12.8. The van der Waals surface area contributed by atoms with Gasteiger partial charge < -0.3 is 0 Å². The molecule has 2 heteroatoms. The molecular weight excluding hydrogens is 258 g/mol. The molecule has 0 saturated carbocycles. The van der Waals surface area contributed by atoms with Crippen LogP contribution in [0.3, 0.4) is 0 Å². The van der Waals surface area contributed by atoms with Crippen molar-refractivity contribution in [2.24, 2.45) is 11.8 Å². The standard InChI is InChI=1S/C19H29NO/c1-12-9-15(4)16(5)20(11-12)17(6)19(21)18-8-7-13(2)14(3)10-18/h7-8,10,12,15-17H,9,11H2,1-6H3. The molecule has 1 heterocycles. The van der Waals surface area contributed by atoms with Gasteiger partial charge in [0.2, 0.25) is 0 Å². The molecule has 1 fully saturated rings. The number of carbonyl (C=O) groups is 1. The van der Waals surface area contributed by atoms with Gasteiger partial charge >= 0.3 is 0 Å². The van der Waals surface area contributed by atoms with E-state index in [1.54, 1.807) is 0 Å². The van der Waals surface area contributed by atoms with E-state index < -0.39 is 0 Å². The summed E-state index contributed by atoms with van der Waals surface area (Å²) in [4.78, 5) is 15.2. The number of likely N-dealkylation sites (tertiary alicyclic amines) is 1. The molecule has 0 bridgehead atoms. The van der Waals surface area contributed by atoms with Crippen LogP contribution in [-0.4, -0.2) is 29.3 Å². The highest BCUT2D eigenvalue weighted by atomic mass is 16.1. The van der Waals surface area contributed by atoms with Crippen LogP contribution in [0.1, 0.15) is 55.6 Å². The molecule has 0 N–H and O–H groups in total. The van der Waals surface area contributed by atoms with Crippen LogP contribution in [0, 0.1) is 25.7 Å². The highest BCUT2D eigenvalue weighted by Gasteiger charge is 2.34. The first-order valence-electron chi connectivity index (χ1n) is 8.18. The van der Waals surface area contributed by atoms with E-state index in [0.29, 0.717) is 17.9 Å². The van der Waals surface area contributed by atoms with Gasteiger partial charge in [0.05, 0.1) is 6.04 Å². The second-order valence-corrected chi connectivity index (χ2v) is 7.09. The minimum atomic E-state index is -0.0349. The average molecular weight is 287 g/mol. The molecule has 0 aromatic heterocycles. The molecule has 0 aliphatic carbocycles. The van der Waals surface area contributed by atoms with Gasteiger partial charge in [0.25, 0.3) is 0 Å². The van der Waals surface area contributed by atoms with Gasteiger partial charge in [0, 0.05) is 18.2 Å². The van der Waals surface area contributed by atoms with Crippen molar-refractivity contribution in [2.45, 2.75) is 60.0 Å². The molecule has 0 spiro atoms. The quantitative estimate of drug-likeness (QED) is 0.775. The van der Waals surface area contributed by atoms with Crippen molar-refractivity contribution in [3.63, 3.8) is 0 Å². The van der Waals surface area contributed by atoms with E-state index in [0.717, 1.165) is 12.1 Å². The minimum Gasteiger partial charge on any atom is -0.292 e. The largest absolute Gasteiger partial charge is 0.292 e. The van der Waals surface area contributed by atoms with Gasteiger partial charge in [0.1, 0.15) is 0 Å². The molecule has 4 atom stereocenters. The molecule has 2 nitrogen and oxygen atoms in total. The van der Waals surface area contributed by atoms with Crippen LogP contribution >= 0.6 is 0 Å². The van der Waals surface area contributed by atoms with Gasteiger partial charge in [-0.3, -0.25) is 9.69 Å². The van der Waals surface area contributed by atoms with E-state index in [4.69, 9.17) is 0 Å². The molecular formula is C19H29NO. The molecule has 0 radical (unpaired) electrons. The zero-order valence-electron chi connectivity index (χ0n) is 14.3. The Kier molecular flexibility index (Phi) is 4.88. The van der Waals surface area contributed by atoms with Crippen LogP contribution in [0.4, 0.5) is 0 Å². The molecule has 1 aliphatic heterocycles. The zero-order valence-corrected chi connectivity index (χ0v) is 14.3. The number of hydrogen-bond donors (Lipinski definition) is 0. The third kappa shape index (κ3) is 3.37. The number of rotatable bonds is 3. The van der Waals surface area contributed by atoms with Crippen molar-refractivity contribution in [3.05, 3.63) is 34.9 Å². The first-order chi connectivity index (χ1) is 9.81. The molecule has 1 aromatic carbocycles. The number of Topliss-reactive ketones (excluding diaryl/α,β-unsaturated/α-hetero) is 1. The normalized spacial score (nSPS) is 28.4. The van der Waals surface area contributed by atoms with Crippen LogP contribution in [0.25, 0.3) is 0 Å². The summed E-state index contributed by atoms with van der Waals surface area (Å²) < 4.78 is 0. The van der Waals surface area contributed by atoms with Gasteiger partial charge in [-0.25, -0.2) is 0 Å². The maximum Gasteiger partial charge on any atom is 0.179 e.